The van der Waals surface area contributed by atoms with E-state index in [1.165, 1.54) is 0 Å². The maximum absolute atomic E-state index is 12.6. The number of ketones is 1. The van der Waals surface area contributed by atoms with Gasteiger partial charge in [-0.25, -0.2) is 13.6 Å². The third kappa shape index (κ3) is 4.05. The Morgan fingerprint density at radius 3 is 2.26 bits per heavy atom. The summed E-state index contributed by atoms with van der Waals surface area (Å²) in [6.07, 6.45) is 0.128. The zero-order valence-electron chi connectivity index (χ0n) is 14.6. The third-order valence-electron chi connectivity index (χ3n) is 4.64. The molecule has 0 saturated carbocycles. The number of H-pyrrole nitrogens is 1. The Bertz CT molecular complexity index is 1060. The predicted octanol–water partition coefficient (Wildman–Crippen LogP) is 3.75. The molecule has 5 nitrogen and oxygen atoms in total. The fraction of sp³-hybridized carbons (Fsp3) is 0.150. The summed E-state index contributed by atoms with van der Waals surface area (Å²) in [5, 5.41) is 5.55. The molecule has 0 bridgehead atoms. The molecule has 3 aromatic rings. The Labute approximate surface area is 166 Å². The molecule has 0 saturated heterocycles. The number of hydrogen-bond donors (Lipinski definition) is 2. The molecule has 0 spiro atoms. The second-order valence-corrected chi connectivity index (χ2v) is 9.46. The van der Waals surface area contributed by atoms with E-state index in [0.29, 0.717) is 22.5 Å². The van der Waals surface area contributed by atoms with E-state index in [-0.39, 0.29) is 12.2 Å². The molecule has 3 rings (SSSR count). The molecule has 140 valence electrons. The van der Waals surface area contributed by atoms with E-state index in [9.17, 15) is 13.2 Å². The van der Waals surface area contributed by atoms with Crippen LogP contribution in [0, 0.1) is 0 Å². The number of carbonyl (C=O) groups is 1. The van der Waals surface area contributed by atoms with Crippen LogP contribution in [-0.2, 0) is 21.2 Å². The van der Waals surface area contributed by atoms with Crippen molar-refractivity contribution in [1.82, 2.24) is 4.98 Å². The minimum atomic E-state index is -3.89. The van der Waals surface area contributed by atoms with Crippen LogP contribution >= 0.6 is 15.9 Å². The Morgan fingerprint density at radius 2 is 1.67 bits per heavy atom. The highest BCUT2D eigenvalue weighted by atomic mass is 79.9. The molecule has 0 aliphatic rings. The second-order valence-electron chi connectivity index (χ2n) is 6.55. The Hall–Kier alpha value is -2.22. The van der Waals surface area contributed by atoms with Crippen LogP contribution in [0.5, 0.6) is 0 Å². The predicted molar refractivity (Wildman–Crippen MR) is 109 cm³/mol. The molecule has 7 heteroatoms. The number of carbonyl (C=O) groups excluding carboxylic acids is 1. The maximum atomic E-state index is 12.6. The molecule has 1 heterocycles. The average Bonchev–Trinajstić information content (AvgIpc) is 3.10. The number of hydrogen-bond acceptors (Lipinski definition) is 3. The van der Waals surface area contributed by atoms with E-state index >= 15 is 0 Å². The molecule has 3 N–H and O–H groups in total. The van der Waals surface area contributed by atoms with Crippen molar-refractivity contribution < 1.29 is 13.2 Å². The number of aromatic nitrogens is 1. The lowest BCUT2D eigenvalue weighted by atomic mass is 9.95. The normalized spacial score (nSPS) is 13.9. The minimum absolute atomic E-state index is 0.128. The van der Waals surface area contributed by atoms with E-state index in [4.69, 9.17) is 5.14 Å². The van der Waals surface area contributed by atoms with Crippen molar-refractivity contribution in [3.63, 3.8) is 0 Å². The average molecular weight is 447 g/mol. The molecule has 0 radical (unpaired) electrons. The topological polar surface area (TPSA) is 93.0 Å². The van der Waals surface area contributed by atoms with Crippen LogP contribution in [0.3, 0.4) is 0 Å². The second kappa shape index (κ2) is 7.42. The van der Waals surface area contributed by atoms with Gasteiger partial charge in [0.2, 0.25) is 15.8 Å². The standard InChI is InChI=1S/C20H19BrN2O3S/c1-20(27(22,25)26,15-5-3-2-4-6-15)13-17-11-12-18(23-17)19(24)14-7-9-16(21)10-8-14/h2-12,23H,13H2,1H3,(H2,22,25,26). The van der Waals surface area contributed by atoms with Gasteiger partial charge in [0.25, 0.3) is 0 Å². The molecular weight excluding hydrogens is 428 g/mol. The van der Waals surface area contributed by atoms with Crippen molar-refractivity contribution in [1.29, 1.82) is 0 Å². The van der Waals surface area contributed by atoms with Crippen molar-refractivity contribution in [2.75, 3.05) is 0 Å². The summed E-state index contributed by atoms with van der Waals surface area (Å²) in [6.45, 7) is 1.59. The molecule has 2 aromatic carbocycles. The molecular formula is C20H19BrN2O3S. The first-order valence-electron chi connectivity index (χ1n) is 8.27. The highest BCUT2D eigenvalue weighted by Crippen LogP contribution is 2.32. The molecule has 1 atom stereocenters. The molecule has 0 fully saturated rings. The van der Waals surface area contributed by atoms with E-state index in [1.54, 1.807) is 67.6 Å². The van der Waals surface area contributed by atoms with Gasteiger partial charge in [-0.1, -0.05) is 46.3 Å². The third-order valence-corrected chi connectivity index (χ3v) is 6.80. The number of nitrogens with one attached hydrogen (secondary N) is 1. The lowest BCUT2D eigenvalue weighted by Crippen LogP contribution is -2.40. The summed E-state index contributed by atoms with van der Waals surface area (Å²) < 4.78 is 24.3. The van der Waals surface area contributed by atoms with Gasteiger partial charge >= 0.3 is 0 Å². The lowest BCUT2D eigenvalue weighted by Gasteiger charge is -2.27. The monoisotopic (exact) mass is 446 g/mol. The summed E-state index contributed by atoms with van der Waals surface area (Å²) in [4.78, 5) is 15.7. The van der Waals surface area contributed by atoms with Crippen molar-refractivity contribution in [3.05, 3.63) is 93.7 Å². The van der Waals surface area contributed by atoms with Crippen LogP contribution in [0.1, 0.15) is 34.2 Å². The Morgan fingerprint density at radius 1 is 1.04 bits per heavy atom. The fourth-order valence-electron chi connectivity index (χ4n) is 2.95. The van der Waals surface area contributed by atoms with Gasteiger partial charge in [0.1, 0.15) is 4.75 Å². The number of primary sulfonamides is 1. The van der Waals surface area contributed by atoms with E-state index in [2.05, 4.69) is 20.9 Å². The summed E-state index contributed by atoms with van der Waals surface area (Å²) in [5.41, 5.74) is 2.17. The fourth-order valence-corrected chi connectivity index (χ4v) is 4.04. The maximum Gasteiger partial charge on any atom is 0.219 e. The van der Waals surface area contributed by atoms with Crippen molar-refractivity contribution >= 4 is 31.7 Å². The van der Waals surface area contributed by atoms with E-state index in [0.717, 1.165) is 4.47 Å². The van der Waals surface area contributed by atoms with Gasteiger partial charge in [-0.05, 0) is 48.9 Å². The van der Waals surface area contributed by atoms with E-state index in [1.807, 2.05) is 6.07 Å². The number of aromatic amines is 1. The zero-order chi connectivity index (χ0) is 19.7. The lowest BCUT2D eigenvalue weighted by molar-refractivity contribution is 0.103. The summed E-state index contributed by atoms with van der Waals surface area (Å²) >= 11 is 3.34. The van der Waals surface area contributed by atoms with Crippen LogP contribution in [0.4, 0.5) is 0 Å². The van der Waals surface area contributed by atoms with Crippen molar-refractivity contribution in [2.24, 2.45) is 5.14 Å². The molecule has 27 heavy (non-hydrogen) atoms. The number of benzene rings is 2. The van der Waals surface area contributed by atoms with Crippen LogP contribution < -0.4 is 5.14 Å². The highest BCUT2D eigenvalue weighted by molar-refractivity contribution is 9.10. The van der Waals surface area contributed by atoms with Crippen molar-refractivity contribution in [2.45, 2.75) is 18.1 Å². The van der Waals surface area contributed by atoms with Crippen LogP contribution in [0.15, 0.2) is 71.2 Å². The van der Waals surface area contributed by atoms with Crippen molar-refractivity contribution in [3.8, 4) is 0 Å². The van der Waals surface area contributed by atoms with Gasteiger partial charge in [-0.2, -0.15) is 0 Å². The smallest absolute Gasteiger partial charge is 0.219 e. The van der Waals surface area contributed by atoms with Gasteiger partial charge in [0.05, 0.1) is 5.69 Å². The molecule has 0 amide bonds. The highest BCUT2D eigenvalue weighted by Gasteiger charge is 2.39. The Kier molecular flexibility index (Phi) is 5.37. The molecule has 1 aromatic heterocycles. The number of halogens is 1. The first-order valence-corrected chi connectivity index (χ1v) is 10.6. The largest absolute Gasteiger partial charge is 0.356 e. The quantitative estimate of drug-likeness (QED) is 0.564. The summed E-state index contributed by atoms with van der Waals surface area (Å²) in [5.74, 6) is -0.161. The first-order chi connectivity index (χ1) is 12.7. The number of rotatable bonds is 6. The minimum Gasteiger partial charge on any atom is -0.356 e. The SMILES string of the molecule is CC(Cc1ccc(C(=O)c2ccc(Br)cc2)[nH]1)(c1ccccc1)S(N)(=O)=O. The molecule has 0 aliphatic heterocycles. The molecule has 0 aliphatic carbocycles. The van der Waals surface area contributed by atoms with E-state index < -0.39 is 14.8 Å². The Balaban J connectivity index is 1.91. The number of nitrogens with two attached hydrogens (primary N) is 1. The summed E-state index contributed by atoms with van der Waals surface area (Å²) in [6, 6.07) is 19.3. The molecule has 1 unspecified atom stereocenters. The summed E-state index contributed by atoms with van der Waals surface area (Å²) in [7, 11) is -3.89. The van der Waals surface area contributed by atoms with Gasteiger partial charge in [-0.15, -0.1) is 0 Å². The van der Waals surface area contributed by atoms with Crippen LogP contribution in [-0.4, -0.2) is 19.2 Å². The number of sulfonamides is 1. The van der Waals surface area contributed by atoms with Crippen LogP contribution in [0.25, 0.3) is 0 Å². The van der Waals surface area contributed by atoms with Gasteiger partial charge < -0.3 is 4.98 Å². The first kappa shape index (κ1) is 19.5. The zero-order valence-corrected chi connectivity index (χ0v) is 17.0. The van der Waals surface area contributed by atoms with Gasteiger partial charge in [-0.3, -0.25) is 4.79 Å². The van der Waals surface area contributed by atoms with Gasteiger partial charge in [0, 0.05) is 22.2 Å². The van der Waals surface area contributed by atoms with Gasteiger partial charge in [0.15, 0.2) is 0 Å². The van der Waals surface area contributed by atoms with Crippen LogP contribution in [0.2, 0.25) is 0 Å².